The number of aromatic amines is 1. The van der Waals surface area contributed by atoms with E-state index in [2.05, 4.69) is 27.2 Å². The maximum atomic E-state index is 5.97. The maximum Gasteiger partial charge on any atom is 0.155 e. The van der Waals surface area contributed by atoms with E-state index in [1.54, 1.807) is 0 Å². The molecule has 1 aromatic heterocycles. The third kappa shape index (κ3) is 4.89. The normalized spacial score (nSPS) is 15.9. The lowest BCUT2D eigenvalue weighted by Gasteiger charge is -2.30. The SMILES string of the molecule is Clc1ccc(Cc2n[nH]c(C3CCN(Cc4ccc(Cl)cc4)CC3)n2)cc1. The zero-order valence-corrected chi connectivity index (χ0v) is 16.5. The van der Waals surface area contributed by atoms with E-state index in [9.17, 15) is 0 Å². The summed E-state index contributed by atoms with van der Waals surface area (Å²) < 4.78 is 0. The summed E-state index contributed by atoms with van der Waals surface area (Å²) >= 11 is 11.9. The average molecular weight is 401 g/mol. The molecule has 6 heteroatoms. The maximum absolute atomic E-state index is 5.97. The minimum absolute atomic E-state index is 0.456. The predicted molar refractivity (Wildman–Crippen MR) is 109 cm³/mol. The number of piperidine rings is 1. The molecule has 0 atom stereocenters. The third-order valence-electron chi connectivity index (χ3n) is 5.12. The van der Waals surface area contributed by atoms with E-state index in [-0.39, 0.29) is 0 Å². The van der Waals surface area contributed by atoms with Crippen LogP contribution in [0.3, 0.4) is 0 Å². The number of nitrogens with zero attached hydrogens (tertiary/aromatic N) is 3. The smallest absolute Gasteiger partial charge is 0.155 e. The van der Waals surface area contributed by atoms with Crippen LogP contribution in [-0.4, -0.2) is 33.2 Å². The Morgan fingerprint density at radius 1 is 0.889 bits per heavy atom. The standard InChI is InChI=1S/C21H22Cl2N4/c22-18-5-1-15(2-6-18)13-20-24-21(26-25-20)17-9-11-27(12-10-17)14-16-3-7-19(23)8-4-16/h1-8,17H,9-14H2,(H,24,25,26). The van der Waals surface area contributed by atoms with Crippen molar-refractivity contribution in [3.05, 3.63) is 81.4 Å². The molecule has 0 radical (unpaired) electrons. The summed E-state index contributed by atoms with van der Waals surface area (Å²) in [5, 5.41) is 9.11. The molecule has 0 spiro atoms. The molecule has 1 saturated heterocycles. The molecular weight excluding hydrogens is 379 g/mol. The van der Waals surface area contributed by atoms with E-state index >= 15 is 0 Å². The number of rotatable bonds is 5. The molecule has 0 saturated carbocycles. The summed E-state index contributed by atoms with van der Waals surface area (Å²) in [6, 6.07) is 16.0. The molecule has 4 nitrogen and oxygen atoms in total. The largest absolute Gasteiger partial charge is 0.299 e. The Bertz CT molecular complexity index is 866. The van der Waals surface area contributed by atoms with Crippen LogP contribution in [0.25, 0.3) is 0 Å². The Morgan fingerprint density at radius 3 is 2.11 bits per heavy atom. The molecule has 0 aliphatic carbocycles. The number of aromatic nitrogens is 3. The van der Waals surface area contributed by atoms with Crippen LogP contribution in [0, 0.1) is 0 Å². The summed E-state index contributed by atoms with van der Waals surface area (Å²) in [7, 11) is 0. The number of halogens is 2. The quantitative estimate of drug-likeness (QED) is 0.648. The lowest BCUT2D eigenvalue weighted by molar-refractivity contribution is 0.202. The van der Waals surface area contributed by atoms with Gasteiger partial charge >= 0.3 is 0 Å². The van der Waals surface area contributed by atoms with Crippen molar-refractivity contribution < 1.29 is 0 Å². The molecule has 1 fully saturated rings. The number of hydrogen-bond donors (Lipinski definition) is 1. The Hall–Kier alpha value is -1.88. The zero-order valence-electron chi connectivity index (χ0n) is 15.0. The molecule has 1 N–H and O–H groups in total. The van der Waals surface area contributed by atoms with Gasteiger partial charge in [-0.3, -0.25) is 10.00 Å². The summed E-state index contributed by atoms with van der Waals surface area (Å²) in [6.45, 7) is 3.11. The number of H-pyrrole nitrogens is 1. The summed E-state index contributed by atoms with van der Waals surface area (Å²) in [5.41, 5.74) is 2.48. The van der Waals surface area contributed by atoms with Crippen molar-refractivity contribution in [2.24, 2.45) is 0 Å². The van der Waals surface area contributed by atoms with Crippen molar-refractivity contribution in [1.82, 2.24) is 20.1 Å². The molecule has 0 unspecified atom stereocenters. The molecule has 0 bridgehead atoms. The van der Waals surface area contributed by atoms with Crippen molar-refractivity contribution in [3.8, 4) is 0 Å². The number of benzene rings is 2. The van der Waals surface area contributed by atoms with Crippen LogP contribution in [0.5, 0.6) is 0 Å². The van der Waals surface area contributed by atoms with Crippen LogP contribution < -0.4 is 0 Å². The van der Waals surface area contributed by atoms with E-state index in [4.69, 9.17) is 28.2 Å². The first kappa shape index (κ1) is 18.5. The molecule has 1 aliphatic rings. The van der Waals surface area contributed by atoms with E-state index in [1.807, 2.05) is 36.4 Å². The lowest BCUT2D eigenvalue weighted by atomic mass is 9.96. The molecule has 27 heavy (non-hydrogen) atoms. The van der Waals surface area contributed by atoms with Gasteiger partial charge in [-0.05, 0) is 61.3 Å². The van der Waals surface area contributed by atoms with Gasteiger partial charge in [-0.25, -0.2) is 4.98 Å². The summed E-state index contributed by atoms with van der Waals surface area (Å²) in [6.07, 6.45) is 2.93. The highest BCUT2D eigenvalue weighted by molar-refractivity contribution is 6.30. The first-order chi connectivity index (χ1) is 13.2. The van der Waals surface area contributed by atoms with Crippen molar-refractivity contribution in [2.45, 2.75) is 31.7 Å². The third-order valence-corrected chi connectivity index (χ3v) is 5.62. The summed E-state index contributed by atoms with van der Waals surface area (Å²) in [4.78, 5) is 7.23. The first-order valence-corrected chi connectivity index (χ1v) is 10.0. The van der Waals surface area contributed by atoms with Gasteiger partial charge in [0, 0.05) is 28.9 Å². The average Bonchev–Trinajstić information content (AvgIpc) is 3.15. The van der Waals surface area contributed by atoms with E-state index in [0.717, 1.165) is 60.6 Å². The van der Waals surface area contributed by atoms with Crippen molar-refractivity contribution in [3.63, 3.8) is 0 Å². The summed E-state index contributed by atoms with van der Waals surface area (Å²) in [5.74, 6) is 2.32. The van der Waals surface area contributed by atoms with E-state index in [1.165, 1.54) is 11.1 Å². The van der Waals surface area contributed by atoms with Gasteiger partial charge in [-0.15, -0.1) is 0 Å². The number of likely N-dealkylation sites (tertiary alicyclic amines) is 1. The van der Waals surface area contributed by atoms with Gasteiger partial charge in [0.15, 0.2) is 5.82 Å². The molecule has 2 aromatic carbocycles. The van der Waals surface area contributed by atoms with Crippen LogP contribution in [0.4, 0.5) is 0 Å². The minimum Gasteiger partial charge on any atom is -0.299 e. The van der Waals surface area contributed by atoms with Gasteiger partial charge < -0.3 is 0 Å². The van der Waals surface area contributed by atoms with Crippen molar-refractivity contribution >= 4 is 23.2 Å². The molecular formula is C21H22Cl2N4. The van der Waals surface area contributed by atoms with Crippen molar-refractivity contribution in [1.29, 1.82) is 0 Å². The fourth-order valence-electron chi connectivity index (χ4n) is 3.57. The molecule has 1 aliphatic heterocycles. The molecule has 140 valence electrons. The molecule has 2 heterocycles. The second-order valence-corrected chi connectivity index (χ2v) is 7.99. The van der Waals surface area contributed by atoms with Crippen molar-refractivity contribution in [2.75, 3.05) is 13.1 Å². The minimum atomic E-state index is 0.456. The second kappa shape index (κ2) is 8.42. The van der Waals surface area contributed by atoms with Gasteiger partial charge in [0.05, 0.1) is 0 Å². The Morgan fingerprint density at radius 2 is 1.48 bits per heavy atom. The van der Waals surface area contributed by atoms with Crippen LogP contribution in [0.1, 0.15) is 41.5 Å². The van der Waals surface area contributed by atoms with Gasteiger partial charge in [-0.2, -0.15) is 5.10 Å². The molecule has 0 amide bonds. The lowest BCUT2D eigenvalue weighted by Crippen LogP contribution is -2.32. The second-order valence-electron chi connectivity index (χ2n) is 7.12. The fraction of sp³-hybridized carbons (Fsp3) is 0.333. The van der Waals surface area contributed by atoms with Crippen LogP contribution in [0.2, 0.25) is 10.0 Å². The predicted octanol–water partition coefficient (Wildman–Crippen LogP) is 5.08. The highest BCUT2D eigenvalue weighted by Crippen LogP contribution is 2.26. The first-order valence-electron chi connectivity index (χ1n) is 9.28. The molecule has 4 rings (SSSR count). The Balaban J connectivity index is 1.31. The molecule has 3 aromatic rings. The fourth-order valence-corrected chi connectivity index (χ4v) is 3.82. The van der Waals surface area contributed by atoms with Gasteiger partial charge in [-0.1, -0.05) is 47.5 Å². The number of nitrogens with one attached hydrogen (secondary N) is 1. The van der Waals surface area contributed by atoms with E-state index < -0.39 is 0 Å². The van der Waals surface area contributed by atoms with Crippen LogP contribution in [-0.2, 0) is 13.0 Å². The van der Waals surface area contributed by atoms with Crippen LogP contribution in [0.15, 0.2) is 48.5 Å². The highest BCUT2D eigenvalue weighted by Gasteiger charge is 2.23. The highest BCUT2D eigenvalue weighted by atomic mass is 35.5. The Labute approximate surface area is 169 Å². The zero-order chi connectivity index (χ0) is 18.6. The Kier molecular flexibility index (Phi) is 5.77. The van der Waals surface area contributed by atoms with Gasteiger partial charge in [0.25, 0.3) is 0 Å². The topological polar surface area (TPSA) is 44.8 Å². The van der Waals surface area contributed by atoms with Gasteiger partial charge in [0.2, 0.25) is 0 Å². The monoisotopic (exact) mass is 400 g/mol. The van der Waals surface area contributed by atoms with Crippen LogP contribution >= 0.6 is 23.2 Å². The van der Waals surface area contributed by atoms with Gasteiger partial charge in [0.1, 0.15) is 5.82 Å². The van der Waals surface area contributed by atoms with E-state index in [0.29, 0.717) is 5.92 Å². The number of hydrogen-bond acceptors (Lipinski definition) is 3.